The lowest BCUT2D eigenvalue weighted by molar-refractivity contribution is 0.0711. The molecule has 146 valence electrons. The fraction of sp³-hybridized carbons (Fsp3) is 0.450. The number of aromatic nitrogens is 1. The van der Waals surface area contributed by atoms with Gasteiger partial charge in [-0.15, -0.1) is 0 Å². The maximum atomic E-state index is 13.8. The molecule has 0 aliphatic carbocycles. The van der Waals surface area contributed by atoms with Gasteiger partial charge in [-0.25, -0.2) is 12.8 Å². The zero-order chi connectivity index (χ0) is 19.4. The standard InChI is InChI=1S/C20H26FN3O2S/c1-16(2)11-23(12-17-6-5-9-22-10-17)19-13-24(14-19)27(25,26)15-18-7-3-4-8-20(18)21/h3-10,16,19H,11-15H2,1-2H3. The summed E-state index contributed by atoms with van der Waals surface area (Å²) in [5.41, 5.74) is 1.33. The van der Waals surface area contributed by atoms with Crippen molar-refractivity contribution < 1.29 is 12.8 Å². The Morgan fingerprint density at radius 3 is 2.59 bits per heavy atom. The summed E-state index contributed by atoms with van der Waals surface area (Å²) >= 11 is 0. The van der Waals surface area contributed by atoms with Crippen LogP contribution in [0.4, 0.5) is 4.39 Å². The quantitative estimate of drug-likeness (QED) is 0.694. The first-order valence-electron chi connectivity index (χ1n) is 9.19. The normalized spacial score (nSPS) is 16.0. The first kappa shape index (κ1) is 19.9. The van der Waals surface area contributed by atoms with Crippen molar-refractivity contribution in [3.8, 4) is 0 Å². The van der Waals surface area contributed by atoms with E-state index in [4.69, 9.17) is 0 Å². The molecule has 0 amide bonds. The number of nitrogens with zero attached hydrogens (tertiary/aromatic N) is 3. The second kappa shape index (κ2) is 8.46. The largest absolute Gasteiger partial charge is 0.293 e. The summed E-state index contributed by atoms with van der Waals surface area (Å²) in [4.78, 5) is 6.48. The van der Waals surface area contributed by atoms with Crippen LogP contribution in [0.3, 0.4) is 0 Å². The van der Waals surface area contributed by atoms with E-state index >= 15 is 0 Å². The molecule has 0 bridgehead atoms. The van der Waals surface area contributed by atoms with Crippen LogP contribution < -0.4 is 0 Å². The highest BCUT2D eigenvalue weighted by Gasteiger charge is 2.39. The van der Waals surface area contributed by atoms with Crippen molar-refractivity contribution in [2.75, 3.05) is 19.6 Å². The minimum absolute atomic E-state index is 0.169. The average Bonchev–Trinajstić information content (AvgIpc) is 2.55. The summed E-state index contributed by atoms with van der Waals surface area (Å²) in [5, 5.41) is 0. The third-order valence-corrected chi connectivity index (χ3v) is 6.50. The van der Waals surface area contributed by atoms with Crippen molar-refractivity contribution in [2.24, 2.45) is 5.92 Å². The molecule has 1 aliphatic heterocycles. The number of rotatable bonds is 8. The van der Waals surface area contributed by atoms with Crippen LogP contribution in [-0.2, 0) is 22.3 Å². The monoisotopic (exact) mass is 391 g/mol. The van der Waals surface area contributed by atoms with E-state index in [0.717, 1.165) is 18.7 Å². The van der Waals surface area contributed by atoms with Crippen LogP contribution in [0.25, 0.3) is 0 Å². The maximum absolute atomic E-state index is 13.8. The molecule has 5 nitrogen and oxygen atoms in total. The van der Waals surface area contributed by atoms with Gasteiger partial charge in [0.2, 0.25) is 10.0 Å². The van der Waals surface area contributed by atoms with Crippen LogP contribution in [0.1, 0.15) is 25.0 Å². The molecular weight excluding hydrogens is 365 g/mol. The molecule has 2 heterocycles. The SMILES string of the molecule is CC(C)CN(Cc1cccnc1)C1CN(S(=O)(=O)Cc2ccccc2F)C1. The van der Waals surface area contributed by atoms with Gasteiger partial charge in [-0.2, -0.15) is 4.31 Å². The molecule has 7 heteroatoms. The Hall–Kier alpha value is -1.83. The lowest BCUT2D eigenvalue weighted by Gasteiger charge is -2.45. The zero-order valence-electron chi connectivity index (χ0n) is 15.8. The van der Waals surface area contributed by atoms with Gasteiger partial charge in [0.1, 0.15) is 5.82 Å². The molecule has 1 saturated heterocycles. The minimum atomic E-state index is -3.51. The molecule has 0 atom stereocenters. The number of pyridine rings is 1. The van der Waals surface area contributed by atoms with Crippen LogP contribution in [0.2, 0.25) is 0 Å². The lowest BCUT2D eigenvalue weighted by atomic mass is 10.1. The van der Waals surface area contributed by atoms with Gasteiger partial charge in [0.15, 0.2) is 0 Å². The maximum Gasteiger partial charge on any atom is 0.218 e. The van der Waals surface area contributed by atoms with Gasteiger partial charge < -0.3 is 0 Å². The Labute approximate surface area is 160 Å². The van der Waals surface area contributed by atoms with Crippen LogP contribution in [0.15, 0.2) is 48.8 Å². The first-order chi connectivity index (χ1) is 12.8. The van der Waals surface area contributed by atoms with E-state index < -0.39 is 15.8 Å². The van der Waals surface area contributed by atoms with Gasteiger partial charge in [0.25, 0.3) is 0 Å². The molecule has 0 radical (unpaired) electrons. The second-order valence-corrected chi connectivity index (χ2v) is 9.47. The molecule has 2 aromatic rings. The third kappa shape index (κ3) is 5.12. The summed E-state index contributed by atoms with van der Waals surface area (Å²) < 4.78 is 40.5. The molecule has 1 aromatic heterocycles. The smallest absolute Gasteiger partial charge is 0.218 e. The van der Waals surface area contributed by atoms with Crippen molar-refractivity contribution in [1.82, 2.24) is 14.2 Å². The topological polar surface area (TPSA) is 53.5 Å². The molecular formula is C20H26FN3O2S. The van der Waals surface area contributed by atoms with Crippen molar-refractivity contribution in [3.05, 3.63) is 65.7 Å². The highest BCUT2D eigenvalue weighted by Crippen LogP contribution is 2.24. The van der Waals surface area contributed by atoms with E-state index in [1.165, 1.54) is 16.4 Å². The van der Waals surface area contributed by atoms with Gasteiger partial charge >= 0.3 is 0 Å². The van der Waals surface area contributed by atoms with E-state index in [2.05, 4.69) is 23.7 Å². The fourth-order valence-electron chi connectivity index (χ4n) is 3.32. The Morgan fingerprint density at radius 1 is 1.22 bits per heavy atom. The second-order valence-electron chi connectivity index (χ2n) is 7.50. The van der Waals surface area contributed by atoms with Crippen LogP contribution >= 0.6 is 0 Å². The molecule has 3 rings (SSSR count). The summed E-state index contributed by atoms with van der Waals surface area (Å²) in [6.45, 7) is 6.84. The van der Waals surface area contributed by atoms with Crippen molar-refractivity contribution in [1.29, 1.82) is 0 Å². The number of sulfonamides is 1. The van der Waals surface area contributed by atoms with Gasteiger partial charge in [-0.05, 0) is 23.6 Å². The Balaban J connectivity index is 1.63. The van der Waals surface area contributed by atoms with Gasteiger partial charge in [0.05, 0.1) is 5.75 Å². The molecule has 27 heavy (non-hydrogen) atoms. The zero-order valence-corrected chi connectivity index (χ0v) is 16.6. The van der Waals surface area contributed by atoms with E-state index in [1.54, 1.807) is 18.3 Å². The number of hydrogen-bond donors (Lipinski definition) is 0. The van der Waals surface area contributed by atoms with Crippen LogP contribution in [-0.4, -0.2) is 48.3 Å². The Morgan fingerprint density at radius 2 is 1.96 bits per heavy atom. The van der Waals surface area contributed by atoms with Crippen LogP contribution in [0.5, 0.6) is 0 Å². The first-order valence-corrected chi connectivity index (χ1v) is 10.8. The predicted octanol–water partition coefficient (Wildman–Crippen LogP) is 2.89. The van der Waals surface area contributed by atoms with Crippen molar-refractivity contribution >= 4 is 10.0 Å². The third-order valence-electron chi connectivity index (χ3n) is 4.74. The van der Waals surface area contributed by atoms with Crippen LogP contribution in [0, 0.1) is 11.7 Å². The van der Waals surface area contributed by atoms with Gasteiger partial charge in [-0.1, -0.05) is 38.1 Å². The molecule has 0 saturated carbocycles. The highest BCUT2D eigenvalue weighted by molar-refractivity contribution is 7.88. The molecule has 0 N–H and O–H groups in total. The Bertz CT molecular complexity index is 853. The van der Waals surface area contributed by atoms with Crippen molar-refractivity contribution in [2.45, 2.75) is 32.2 Å². The number of hydrogen-bond acceptors (Lipinski definition) is 4. The molecule has 1 aromatic carbocycles. The van der Waals surface area contributed by atoms with Gasteiger partial charge in [-0.3, -0.25) is 9.88 Å². The van der Waals surface area contributed by atoms with E-state index in [0.29, 0.717) is 19.0 Å². The molecule has 1 aliphatic rings. The van der Waals surface area contributed by atoms with E-state index in [9.17, 15) is 12.8 Å². The fourth-order valence-corrected chi connectivity index (χ4v) is 4.92. The average molecular weight is 392 g/mol. The summed E-state index contributed by atoms with van der Waals surface area (Å²) in [6, 6.07) is 10.2. The Kier molecular flexibility index (Phi) is 6.24. The lowest BCUT2D eigenvalue weighted by Crippen LogP contribution is -2.61. The molecule has 0 spiro atoms. The predicted molar refractivity (Wildman–Crippen MR) is 104 cm³/mol. The van der Waals surface area contributed by atoms with Crippen molar-refractivity contribution in [3.63, 3.8) is 0 Å². The summed E-state index contributed by atoms with van der Waals surface area (Å²) in [7, 11) is -3.51. The molecule has 0 unspecified atom stereocenters. The highest BCUT2D eigenvalue weighted by atomic mass is 32.2. The number of benzene rings is 1. The molecule has 1 fully saturated rings. The summed E-state index contributed by atoms with van der Waals surface area (Å²) in [5.74, 6) is -0.291. The van der Waals surface area contributed by atoms with Gasteiger partial charge in [0, 0.05) is 50.2 Å². The number of halogens is 1. The van der Waals surface area contributed by atoms with E-state index in [1.807, 2.05) is 18.3 Å². The minimum Gasteiger partial charge on any atom is -0.293 e. The summed E-state index contributed by atoms with van der Waals surface area (Å²) in [6.07, 6.45) is 3.59. The van der Waals surface area contributed by atoms with E-state index in [-0.39, 0.29) is 17.4 Å².